The van der Waals surface area contributed by atoms with Crippen molar-refractivity contribution in [2.24, 2.45) is 0 Å². The minimum atomic E-state index is -0.333. The molecule has 0 atom stereocenters. The quantitative estimate of drug-likeness (QED) is 0.738. The number of anilines is 1. The molecule has 0 spiro atoms. The first-order valence-corrected chi connectivity index (χ1v) is 8.77. The lowest BCUT2D eigenvalue weighted by atomic mass is 9.98. The van der Waals surface area contributed by atoms with E-state index in [9.17, 15) is 14.0 Å². The molecule has 0 aromatic heterocycles. The number of hydrogen-bond acceptors (Lipinski definition) is 2. The van der Waals surface area contributed by atoms with E-state index in [4.69, 9.17) is 0 Å². The Morgan fingerprint density at radius 3 is 2.38 bits per heavy atom. The Kier molecular flexibility index (Phi) is 6.89. The van der Waals surface area contributed by atoms with Crippen LogP contribution in [0, 0.1) is 12.7 Å². The van der Waals surface area contributed by atoms with E-state index in [0.29, 0.717) is 13.0 Å². The van der Waals surface area contributed by atoms with E-state index in [-0.39, 0.29) is 30.0 Å². The minimum Gasteiger partial charge on any atom is -0.355 e. The number of nitrogens with one attached hydrogen (secondary N) is 2. The van der Waals surface area contributed by atoms with E-state index < -0.39 is 0 Å². The highest BCUT2D eigenvalue weighted by Gasteiger charge is 2.14. The number of halogens is 1. The second-order valence-corrected chi connectivity index (χ2v) is 6.65. The Balaban J connectivity index is 1.84. The van der Waals surface area contributed by atoms with E-state index in [1.54, 1.807) is 12.1 Å². The molecule has 0 unspecified atom stereocenters. The molecule has 2 N–H and O–H groups in total. The average Bonchev–Trinajstić information content (AvgIpc) is 2.58. The average molecular weight is 356 g/mol. The van der Waals surface area contributed by atoms with Gasteiger partial charge < -0.3 is 10.6 Å². The molecule has 2 amide bonds. The lowest BCUT2D eigenvalue weighted by Crippen LogP contribution is -2.30. The maximum atomic E-state index is 12.9. The van der Waals surface area contributed by atoms with Gasteiger partial charge in [0.15, 0.2) is 0 Å². The number of benzene rings is 2. The molecule has 0 radical (unpaired) electrons. The Bertz CT molecular complexity index is 770. The van der Waals surface area contributed by atoms with Crippen LogP contribution in [0.4, 0.5) is 10.1 Å². The number of aryl methyl sites for hydroxylation is 1. The molecule has 138 valence electrons. The van der Waals surface area contributed by atoms with Gasteiger partial charge in [0.2, 0.25) is 11.8 Å². The zero-order chi connectivity index (χ0) is 19.1. The monoisotopic (exact) mass is 356 g/mol. The predicted molar refractivity (Wildman–Crippen MR) is 102 cm³/mol. The lowest BCUT2D eigenvalue weighted by molar-refractivity contribution is -0.126. The van der Waals surface area contributed by atoms with E-state index in [1.807, 2.05) is 25.1 Å². The van der Waals surface area contributed by atoms with Crippen molar-refractivity contribution in [2.75, 3.05) is 11.9 Å². The summed E-state index contributed by atoms with van der Waals surface area (Å²) in [6, 6.07) is 12.0. The van der Waals surface area contributed by atoms with Crippen molar-refractivity contribution in [1.29, 1.82) is 0 Å². The second-order valence-electron chi connectivity index (χ2n) is 6.65. The fraction of sp³-hybridized carbons (Fsp3) is 0.333. The van der Waals surface area contributed by atoms with E-state index in [0.717, 1.165) is 22.4 Å². The summed E-state index contributed by atoms with van der Waals surface area (Å²) in [5, 5.41) is 5.58. The molecule has 0 saturated carbocycles. The Morgan fingerprint density at radius 2 is 1.73 bits per heavy atom. The first kappa shape index (κ1) is 19.6. The van der Waals surface area contributed by atoms with Crippen LogP contribution < -0.4 is 10.6 Å². The van der Waals surface area contributed by atoms with Crippen LogP contribution in [0.15, 0.2) is 42.5 Å². The topological polar surface area (TPSA) is 58.2 Å². The van der Waals surface area contributed by atoms with Crippen LogP contribution in [0.2, 0.25) is 0 Å². The van der Waals surface area contributed by atoms with Crippen molar-refractivity contribution < 1.29 is 14.0 Å². The molecule has 0 aliphatic rings. The fourth-order valence-corrected chi connectivity index (χ4v) is 2.73. The number of para-hydroxylation sites is 1. The Labute approximate surface area is 153 Å². The third kappa shape index (κ3) is 5.69. The molecule has 26 heavy (non-hydrogen) atoms. The van der Waals surface area contributed by atoms with Gasteiger partial charge in [0.05, 0.1) is 0 Å². The highest BCUT2D eigenvalue weighted by Crippen LogP contribution is 2.27. The lowest BCUT2D eigenvalue weighted by Gasteiger charge is -2.16. The SMILES string of the molecule is Cc1cccc(C(C)C)c1NC(=O)CC(=O)NCCc1ccc(F)cc1. The molecule has 0 heterocycles. The molecule has 0 aliphatic carbocycles. The van der Waals surface area contributed by atoms with Gasteiger partial charge in [0, 0.05) is 12.2 Å². The molecule has 0 fully saturated rings. The number of amides is 2. The highest BCUT2D eigenvalue weighted by molar-refractivity contribution is 6.04. The smallest absolute Gasteiger partial charge is 0.233 e. The van der Waals surface area contributed by atoms with Crippen molar-refractivity contribution in [1.82, 2.24) is 5.32 Å². The van der Waals surface area contributed by atoms with Crippen LogP contribution in [0.5, 0.6) is 0 Å². The molecular formula is C21H25FN2O2. The first-order chi connectivity index (χ1) is 12.4. The second kappa shape index (κ2) is 9.13. The molecule has 2 aromatic carbocycles. The van der Waals surface area contributed by atoms with E-state index in [2.05, 4.69) is 24.5 Å². The fourth-order valence-electron chi connectivity index (χ4n) is 2.73. The standard InChI is InChI=1S/C21H25FN2O2/c1-14(2)18-6-4-5-15(3)21(18)24-20(26)13-19(25)23-12-11-16-7-9-17(22)10-8-16/h4-10,14H,11-13H2,1-3H3,(H,23,25)(H,24,26). The summed E-state index contributed by atoms with van der Waals surface area (Å²) >= 11 is 0. The van der Waals surface area contributed by atoms with Crippen LogP contribution in [0.1, 0.15) is 42.9 Å². The van der Waals surface area contributed by atoms with Crippen LogP contribution in [0.25, 0.3) is 0 Å². The van der Waals surface area contributed by atoms with E-state index in [1.165, 1.54) is 12.1 Å². The number of hydrogen-bond donors (Lipinski definition) is 2. The molecule has 2 aromatic rings. The summed E-state index contributed by atoms with van der Waals surface area (Å²) in [7, 11) is 0. The molecule has 0 aliphatic heterocycles. The normalized spacial score (nSPS) is 10.7. The highest BCUT2D eigenvalue weighted by atomic mass is 19.1. The van der Waals surface area contributed by atoms with Gasteiger partial charge in [0.1, 0.15) is 12.2 Å². The zero-order valence-corrected chi connectivity index (χ0v) is 15.4. The van der Waals surface area contributed by atoms with Crippen molar-refractivity contribution in [3.05, 3.63) is 65.0 Å². The van der Waals surface area contributed by atoms with Gasteiger partial charge in [-0.1, -0.05) is 44.2 Å². The largest absolute Gasteiger partial charge is 0.355 e. The maximum Gasteiger partial charge on any atom is 0.233 e. The summed E-state index contributed by atoms with van der Waals surface area (Å²) in [4.78, 5) is 24.2. The Hall–Kier alpha value is -2.69. The summed E-state index contributed by atoms with van der Waals surface area (Å²) < 4.78 is 12.9. The van der Waals surface area contributed by atoms with Crippen LogP contribution in [-0.4, -0.2) is 18.4 Å². The summed E-state index contributed by atoms with van der Waals surface area (Å²) in [5.74, 6) is -0.675. The molecular weight excluding hydrogens is 331 g/mol. The Morgan fingerprint density at radius 1 is 1.04 bits per heavy atom. The van der Waals surface area contributed by atoms with Gasteiger partial charge in [-0.25, -0.2) is 4.39 Å². The molecule has 0 saturated heterocycles. The molecule has 0 bridgehead atoms. The summed E-state index contributed by atoms with van der Waals surface area (Å²) in [6.45, 7) is 6.46. The van der Waals surface area contributed by atoms with Gasteiger partial charge >= 0.3 is 0 Å². The molecule has 4 nitrogen and oxygen atoms in total. The molecule has 2 rings (SSSR count). The zero-order valence-electron chi connectivity index (χ0n) is 15.4. The van der Waals surface area contributed by atoms with Crippen molar-refractivity contribution in [3.8, 4) is 0 Å². The molecule has 5 heteroatoms. The number of carbonyl (C=O) groups excluding carboxylic acids is 2. The maximum absolute atomic E-state index is 12.9. The van der Waals surface area contributed by atoms with Gasteiger partial charge in [0.25, 0.3) is 0 Å². The summed E-state index contributed by atoms with van der Waals surface area (Å²) in [5.41, 5.74) is 3.74. The van der Waals surface area contributed by atoms with Gasteiger partial charge in [-0.2, -0.15) is 0 Å². The number of rotatable bonds is 7. The van der Waals surface area contributed by atoms with Crippen molar-refractivity contribution in [2.45, 2.75) is 39.5 Å². The van der Waals surface area contributed by atoms with Gasteiger partial charge in [-0.05, 0) is 48.1 Å². The van der Waals surface area contributed by atoms with Gasteiger partial charge in [-0.3, -0.25) is 9.59 Å². The van der Waals surface area contributed by atoms with Crippen LogP contribution >= 0.6 is 0 Å². The first-order valence-electron chi connectivity index (χ1n) is 8.77. The van der Waals surface area contributed by atoms with E-state index >= 15 is 0 Å². The van der Waals surface area contributed by atoms with Crippen molar-refractivity contribution >= 4 is 17.5 Å². The third-order valence-corrected chi connectivity index (χ3v) is 4.16. The van der Waals surface area contributed by atoms with Gasteiger partial charge in [-0.15, -0.1) is 0 Å². The predicted octanol–water partition coefficient (Wildman–Crippen LogP) is 3.95. The van der Waals surface area contributed by atoms with Crippen LogP contribution in [0.3, 0.4) is 0 Å². The minimum absolute atomic E-state index is 0.227. The van der Waals surface area contributed by atoms with Crippen molar-refractivity contribution in [3.63, 3.8) is 0 Å². The third-order valence-electron chi connectivity index (χ3n) is 4.16. The summed E-state index contributed by atoms with van der Waals surface area (Å²) in [6.07, 6.45) is 0.359. The number of carbonyl (C=O) groups is 2. The van der Waals surface area contributed by atoms with Crippen LogP contribution in [-0.2, 0) is 16.0 Å².